The molecule has 2 rings (SSSR count). The summed E-state index contributed by atoms with van der Waals surface area (Å²) in [5, 5.41) is 2.65. The van der Waals surface area contributed by atoms with Crippen LogP contribution in [0.3, 0.4) is 0 Å². The molecule has 22 heavy (non-hydrogen) atoms. The van der Waals surface area contributed by atoms with E-state index < -0.39 is 23.3 Å². The average molecular weight is 325 g/mol. The van der Waals surface area contributed by atoms with E-state index in [1.165, 1.54) is 24.3 Å². The molecule has 0 bridgehead atoms. The van der Waals surface area contributed by atoms with E-state index in [0.717, 1.165) is 0 Å². The summed E-state index contributed by atoms with van der Waals surface area (Å²) in [5.41, 5.74) is 0.801. The van der Waals surface area contributed by atoms with Crippen molar-refractivity contribution in [3.05, 3.63) is 54.1 Å². The number of carbonyl (C=O) groups is 1. The van der Waals surface area contributed by atoms with Gasteiger partial charge in [0.15, 0.2) is 0 Å². The number of halogens is 2. The normalized spacial score (nSPS) is 12.0. The van der Waals surface area contributed by atoms with Crippen molar-refractivity contribution in [2.75, 3.05) is 11.6 Å². The third kappa shape index (κ3) is 4.36. The predicted molar refractivity (Wildman–Crippen MR) is 79.8 cm³/mol. The number of carbonyl (C=O) groups excluding carboxylic acids is 1. The molecule has 2 aromatic carbocycles. The van der Waals surface area contributed by atoms with Gasteiger partial charge >= 0.3 is 6.61 Å². The SMILES string of the molecule is CS(=O)c1cccc(NC(=O)c2ccc(OC(F)F)cc2)c1. The average Bonchev–Trinajstić information content (AvgIpc) is 2.47. The van der Waals surface area contributed by atoms with Crippen molar-refractivity contribution in [2.24, 2.45) is 0 Å². The van der Waals surface area contributed by atoms with Gasteiger partial charge in [-0.2, -0.15) is 8.78 Å². The van der Waals surface area contributed by atoms with E-state index in [4.69, 9.17) is 0 Å². The molecule has 4 nitrogen and oxygen atoms in total. The second kappa shape index (κ2) is 7.13. The Morgan fingerprint density at radius 2 is 1.86 bits per heavy atom. The Kier molecular flexibility index (Phi) is 5.21. The van der Waals surface area contributed by atoms with E-state index in [0.29, 0.717) is 16.1 Å². The van der Waals surface area contributed by atoms with Crippen LogP contribution in [0.25, 0.3) is 0 Å². The first kappa shape index (κ1) is 16.1. The van der Waals surface area contributed by atoms with E-state index >= 15 is 0 Å². The van der Waals surface area contributed by atoms with Crippen LogP contribution < -0.4 is 10.1 Å². The molecule has 116 valence electrons. The molecule has 7 heteroatoms. The molecule has 0 fully saturated rings. The minimum Gasteiger partial charge on any atom is -0.435 e. The summed E-state index contributed by atoms with van der Waals surface area (Å²) in [5.74, 6) is -0.419. The van der Waals surface area contributed by atoms with Gasteiger partial charge in [-0.15, -0.1) is 0 Å². The van der Waals surface area contributed by atoms with Crippen LogP contribution in [0.1, 0.15) is 10.4 Å². The van der Waals surface area contributed by atoms with Crippen molar-refractivity contribution in [2.45, 2.75) is 11.5 Å². The molecule has 0 aromatic heterocycles. The second-order valence-electron chi connectivity index (χ2n) is 4.34. The van der Waals surface area contributed by atoms with Gasteiger partial charge in [0.05, 0.1) is 0 Å². The quantitative estimate of drug-likeness (QED) is 0.918. The number of anilines is 1. The predicted octanol–water partition coefficient (Wildman–Crippen LogP) is 3.28. The standard InChI is InChI=1S/C15H13F2NO3S/c1-22(20)13-4-2-3-11(9-13)18-14(19)10-5-7-12(8-6-10)21-15(16)17/h2-9,15H,1H3,(H,18,19). The lowest BCUT2D eigenvalue weighted by molar-refractivity contribution is -0.0498. The number of hydrogen-bond acceptors (Lipinski definition) is 3. The van der Waals surface area contributed by atoms with Gasteiger partial charge in [0.25, 0.3) is 5.91 Å². The van der Waals surface area contributed by atoms with Crippen LogP contribution in [0.15, 0.2) is 53.4 Å². The van der Waals surface area contributed by atoms with Gasteiger partial charge in [-0.05, 0) is 42.5 Å². The highest BCUT2D eigenvalue weighted by molar-refractivity contribution is 7.84. The van der Waals surface area contributed by atoms with Crippen LogP contribution in [0.5, 0.6) is 5.75 Å². The maximum absolute atomic E-state index is 12.1. The molecule has 0 heterocycles. The number of ether oxygens (including phenoxy) is 1. The van der Waals surface area contributed by atoms with E-state index in [1.807, 2.05) is 0 Å². The summed E-state index contributed by atoms with van der Waals surface area (Å²) < 4.78 is 39.7. The summed E-state index contributed by atoms with van der Waals surface area (Å²) >= 11 is 0. The van der Waals surface area contributed by atoms with Crippen molar-refractivity contribution in [3.8, 4) is 5.75 Å². The minimum atomic E-state index is -2.91. The van der Waals surface area contributed by atoms with Crippen LogP contribution in [0.4, 0.5) is 14.5 Å². The number of rotatable bonds is 5. The van der Waals surface area contributed by atoms with E-state index in [1.54, 1.807) is 30.5 Å². The van der Waals surface area contributed by atoms with Crippen molar-refractivity contribution < 1.29 is 22.5 Å². The lowest BCUT2D eigenvalue weighted by atomic mass is 10.2. The zero-order valence-corrected chi connectivity index (χ0v) is 12.4. The molecule has 2 aromatic rings. The number of nitrogens with one attached hydrogen (secondary N) is 1. The molecule has 0 aliphatic heterocycles. The molecule has 0 spiro atoms. The van der Waals surface area contributed by atoms with E-state index in [2.05, 4.69) is 10.1 Å². The van der Waals surface area contributed by atoms with Gasteiger partial charge < -0.3 is 10.1 Å². The van der Waals surface area contributed by atoms with Crippen molar-refractivity contribution in [3.63, 3.8) is 0 Å². The molecule has 0 saturated heterocycles. The Balaban J connectivity index is 2.08. The second-order valence-corrected chi connectivity index (χ2v) is 5.72. The fourth-order valence-corrected chi connectivity index (χ4v) is 2.31. The number of benzene rings is 2. The van der Waals surface area contributed by atoms with Crippen LogP contribution >= 0.6 is 0 Å². The van der Waals surface area contributed by atoms with Gasteiger partial charge in [0.1, 0.15) is 5.75 Å². The van der Waals surface area contributed by atoms with Gasteiger partial charge in [-0.3, -0.25) is 9.00 Å². The maximum Gasteiger partial charge on any atom is 0.387 e. The number of hydrogen-bond donors (Lipinski definition) is 1. The first-order valence-electron chi connectivity index (χ1n) is 6.25. The third-order valence-corrected chi connectivity index (χ3v) is 3.68. The lowest BCUT2D eigenvalue weighted by Crippen LogP contribution is -2.12. The number of alkyl halides is 2. The molecule has 1 amide bonds. The summed E-state index contributed by atoms with van der Waals surface area (Å²) in [6.07, 6.45) is 1.54. The van der Waals surface area contributed by atoms with Gasteiger partial charge in [0.2, 0.25) is 0 Å². The number of amides is 1. The molecule has 0 radical (unpaired) electrons. The van der Waals surface area contributed by atoms with Gasteiger partial charge in [0, 0.05) is 33.2 Å². The fourth-order valence-electron chi connectivity index (χ4n) is 1.74. The molecular weight excluding hydrogens is 312 g/mol. The summed E-state index contributed by atoms with van der Waals surface area (Å²) in [7, 11) is -1.15. The Hall–Kier alpha value is -2.28. The molecular formula is C15H13F2NO3S. The molecule has 0 aliphatic carbocycles. The van der Waals surface area contributed by atoms with E-state index in [9.17, 15) is 17.8 Å². The Labute approximate surface area is 128 Å². The van der Waals surface area contributed by atoms with Gasteiger partial charge in [-0.25, -0.2) is 0 Å². The highest BCUT2D eigenvalue weighted by Crippen LogP contribution is 2.17. The Bertz CT molecular complexity index is 689. The van der Waals surface area contributed by atoms with Crippen molar-refractivity contribution in [1.82, 2.24) is 0 Å². The van der Waals surface area contributed by atoms with Crippen LogP contribution in [0, 0.1) is 0 Å². The highest BCUT2D eigenvalue weighted by Gasteiger charge is 2.09. The first-order chi connectivity index (χ1) is 10.5. The zero-order valence-electron chi connectivity index (χ0n) is 11.6. The third-order valence-electron chi connectivity index (χ3n) is 2.77. The Morgan fingerprint density at radius 3 is 2.45 bits per heavy atom. The van der Waals surface area contributed by atoms with Crippen molar-refractivity contribution >= 4 is 22.4 Å². The molecule has 1 N–H and O–H groups in total. The van der Waals surface area contributed by atoms with Crippen LogP contribution in [-0.2, 0) is 10.8 Å². The van der Waals surface area contributed by atoms with E-state index in [-0.39, 0.29) is 5.75 Å². The largest absolute Gasteiger partial charge is 0.435 e. The van der Waals surface area contributed by atoms with Gasteiger partial charge in [-0.1, -0.05) is 6.07 Å². The summed E-state index contributed by atoms with van der Waals surface area (Å²) in [4.78, 5) is 12.6. The fraction of sp³-hybridized carbons (Fsp3) is 0.133. The highest BCUT2D eigenvalue weighted by atomic mass is 32.2. The van der Waals surface area contributed by atoms with Crippen molar-refractivity contribution in [1.29, 1.82) is 0 Å². The summed E-state index contributed by atoms with van der Waals surface area (Å²) in [6.45, 7) is -2.91. The first-order valence-corrected chi connectivity index (χ1v) is 7.81. The summed E-state index contributed by atoms with van der Waals surface area (Å²) in [6, 6.07) is 12.0. The zero-order chi connectivity index (χ0) is 16.1. The molecule has 1 atom stereocenters. The minimum absolute atomic E-state index is 0.0186. The molecule has 0 saturated carbocycles. The smallest absolute Gasteiger partial charge is 0.387 e. The Morgan fingerprint density at radius 1 is 1.18 bits per heavy atom. The van der Waals surface area contributed by atoms with Crippen LogP contribution in [0.2, 0.25) is 0 Å². The monoisotopic (exact) mass is 325 g/mol. The topological polar surface area (TPSA) is 55.4 Å². The molecule has 1 unspecified atom stereocenters. The maximum atomic E-state index is 12.1. The molecule has 0 aliphatic rings. The van der Waals surface area contributed by atoms with Crippen LogP contribution in [-0.4, -0.2) is 23.0 Å². The lowest BCUT2D eigenvalue weighted by Gasteiger charge is -2.08.